The Morgan fingerprint density at radius 2 is 2.32 bits per heavy atom. The van der Waals surface area contributed by atoms with Gasteiger partial charge in [-0.05, 0) is 12.1 Å². The van der Waals surface area contributed by atoms with Gasteiger partial charge >= 0.3 is 5.69 Å². The number of nitro groups is 1. The van der Waals surface area contributed by atoms with Gasteiger partial charge in [0.15, 0.2) is 0 Å². The van der Waals surface area contributed by atoms with Crippen molar-refractivity contribution in [1.29, 1.82) is 0 Å². The van der Waals surface area contributed by atoms with Crippen LogP contribution in [0.1, 0.15) is 17.8 Å². The van der Waals surface area contributed by atoms with E-state index in [1.165, 1.54) is 12.1 Å². The molecule has 22 heavy (non-hydrogen) atoms. The third-order valence-corrected chi connectivity index (χ3v) is 3.39. The van der Waals surface area contributed by atoms with Crippen LogP contribution in [0.15, 0.2) is 22.7 Å². The summed E-state index contributed by atoms with van der Waals surface area (Å²) < 4.78 is 24.2. The van der Waals surface area contributed by atoms with Crippen LogP contribution >= 0.6 is 0 Å². The Hall–Kier alpha value is -2.55. The topological polar surface area (TPSA) is 94.5 Å². The molecule has 2 aromatic rings. The lowest BCUT2D eigenvalue weighted by atomic mass is 10.2. The molecule has 0 spiro atoms. The van der Waals surface area contributed by atoms with Gasteiger partial charge in [-0.1, -0.05) is 11.2 Å². The molecule has 8 nitrogen and oxygen atoms in total. The number of morpholine rings is 1. The van der Waals surface area contributed by atoms with Crippen LogP contribution in [-0.4, -0.2) is 34.8 Å². The van der Waals surface area contributed by atoms with Gasteiger partial charge in [0.25, 0.3) is 0 Å². The highest BCUT2D eigenvalue weighted by atomic mass is 19.1. The fourth-order valence-electron chi connectivity index (χ4n) is 2.41. The van der Waals surface area contributed by atoms with Crippen LogP contribution in [0.5, 0.6) is 0 Å². The van der Waals surface area contributed by atoms with Crippen molar-refractivity contribution in [3.05, 3.63) is 45.8 Å². The molecule has 1 aliphatic heterocycles. The van der Waals surface area contributed by atoms with Crippen molar-refractivity contribution in [2.24, 2.45) is 0 Å². The van der Waals surface area contributed by atoms with Crippen molar-refractivity contribution in [3.63, 3.8) is 0 Å². The van der Waals surface area contributed by atoms with Crippen LogP contribution in [0.3, 0.4) is 0 Å². The number of nitrogens with zero attached hydrogens (tertiary/aromatic N) is 4. The van der Waals surface area contributed by atoms with E-state index in [4.69, 9.17) is 9.26 Å². The van der Waals surface area contributed by atoms with Gasteiger partial charge in [0, 0.05) is 13.5 Å². The number of ether oxygens (including phenoxy) is 1. The summed E-state index contributed by atoms with van der Waals surface area (Å²) in [7, 11) is 0. The maximum absolute atomic E-state index is 13.7. The molecule has 1 aromatic heterocycles. The number of halogens is 1. The van der Waals surface area contributed by atoms with E-state index in [0.717, 1.165) is 6.07 Å². The average Bonchev–Trinajstić information content (AvgIpc) is 2.93. The molecule has 0 N–H and O–H groups in total. The summed E-state index contributed by atoms with van der Waals surface area (Å²) in [6.07, 6.45) is -0.478. The summed E-state index contributed by atoms with van der Waals surface area (Å²) >= 11 is 0. The molecule has 0 bridgehead atoms. The highest BCUT2D eigenvalue weighted by Crippen LogP contribution is 2.33. The normalized spacial score (nSPS) is 18.5. The van der Waals surface area contributed by atoms with E-state index in [1.54, 1.807) is 11.8 Å². The maximum Gasteiger partial charge on any atom is 0.327 e. The van der Waals surface area contributed by atoms with Gasteiger partial charge in [-0.25, -0.2) is 0 Å². The lowest BCUT2D eigenvalue weighted by Crippen LogP contribution is -2.39. The Bertz CT molecular complexity index is 705. The van der Waals surface area contributed by atoms with Gasteiger partial charge in [-0.15, -0.1) is 0 Å². The fraction of sp³-hybridized carbons (Fsp3) is 0.385. The molecule has 1 aliphatic rings. The van der Waals surface area contributed by atoms with E-state index in [1.807, 2.05) is 0 Å². The molecular formula is C13H13FN4O4. The minimum Gasteiger partial charge on any atom is -0.366 e. The second-order valence-electron chi connectivity index (χ2n) is 4.84. The molecular weight excluding hydrogens is 295 g/mol. The molecule has 116 valence electrons. The van der Waals surface area contributed by atoms with Crippen molar-refractivity contribution >= 4 is 11.4 Å². The lowest BCUT2D eigenvalue weighted by molar-refractivity contribution is -0.386. The first-order valence-electron chi connectivity index (χ1n) is 6.66. The van der Waals surface area contributed by atoms with Crippen molar-refractivity contribution < 1.29 is 18.6 Å². The second kappa shape index (κ2) is 5.68. The molecule has 1 saturated heterocycles. The first-order chi connectivity index (χ1) is 10.6. The monoisotopic (exact) mass is 308 g/mol. The molecule has 0 aliphatic carbocycles. The van der Waals surface area contributed by atoms with Gasteiger partial charge in [0.1, 0.15) is 11.8 Å². The molecule has 9 heteroatoms. The van der Waals surface area contributed by atoms with Gasteiger partial charge < -0.3 is 14.2 Å². The van der Waals surface area contributed by atoms with Crippen LogP contribution in [-0.2, 0) is 4.74 Å². The highest BCUT2D eigenvalue weighted by Gasteiger charge is 2.31. The molecule has 2 heterocycles. The lowest BCUT2D eigenvalue weighted by Gasteiger charge is -2.32. The predicted molar refractivity (Wildman–Crippen MR) is 73.0 cm³/mol. The standard InChI is InChI=1S/C13H13FN4O4/c1-8-15-13(16-22-8)11-7-17(5-6-21-11)10-4-2-3-9(14)12(10)18(19)20/h2-4,11H,5-7H2,1H3. The predicted octanol–water partition coefficient (Wildman–Crippen LogP) is 2.00. The van der Waals surface area contributed by atoms with Crippen LogP contribution in [0.2, 0.25) is 0 Å². The molecule has 1 fully saturated rings. The quantitative estimate of drug-likeness (QED) is 0.632. The van der Waals surface area contributed by atoms with E-state index in [2.05, 4.69) is 10.1 Å². The van der Waals surface area contributed by atoms with E-state index in [-0.39, 0.29) is 12.2 Å². The number of hydrogen-bond acceptors (Lipinski definition) is 7. The van der Waals surface area contributed by atoms with Gasteiger partial charge in [-0.2, -0.15) is 9.37 Å². The number of nitro benzene ring substituents is 1. The second-order valence-corrected chi connectivity index (χ2v) is 4.84. The fourth-order valence-corrected chi connectivity index (χ4v) is 2.41. The Morgan fingerprint density at radius 1 is 1.50 bits per heavy atom. The molecule has 0 amide bonds. The van der Waals surface area contributed by atoms with Crippen LogP contribution in [0.25, 0.3) is 0 Å². The summed E-state index contributed by atoms with van der Waals surface area (Å²) in [6.45, 7) is 2.68. The summed E-state index contributed by atoms with van der Waals surface area (Å²) in [6, 6.07) is 4.04. The first kappa shape index (κ1) is 14.4. The van der Waals surface area contributed by atoms with Crippen LogP contribution in [0.4, 0.5) is 15.8 Å². The van der Waals surface area contributed by atoms with Gasteiger partial charge in [0.2, 0.25) is 17.5 Å². The molecule has 0 radical (unpaired) electrons. The molecule has 1 atom stereocenters. The zero-order chi connectivity index (χ0) is 15.7. The summed E-state index contributed by atoms with van der Waals surface area (Å²) in [4.78, 5) is 16.2. The Kier molecular flexibility index (Phi) is 3.72. The van der Waals surface area contributed by atoms with Crippen molar-refractivity contribution in [1.82, 2.24) is 10.1 Å². The number of aryl methyl sites for hydroxylation is 1. The largest absolute Gasteiger partial charge is 0.366 e. The number of rotatable bonds is 3. The van der Waals surface area contributed by atoms with Gasteiger partial charge in [-0.3, -0.25) is 10.1 Å². The summed E-state index contributed by atoms with van der Waals surface area (Å²) in [5.41, 5.74) is -0.314. The number of benzene rings is 1. The smallest absolute Gasteiger partial charge is 0.327 e. The average molecular weight is 308 g/mol. The van der Waals surface area contributed by atoms with Crippen molar-refractivity contribution in [2.45, 2.75) is 13.0 Å². The summed E-state index contributed by atoms with van der Waals surface area (Å²) in [5.74, 6) is -0.0744. The van der Waals surface area contributed by atoms with E-state index < -0.39 is 22.5 Å². The number of hydrogen-bond donors (Lipinski definition) is 0. The van der Waals surface area contributed by atoms with Crippen molar-refractivity contribution in [3.8, 4) is 0 Å². The zero-order valence-electron chi connectivity index (χ0n) is 11.7. The summed E-state index contributed by atoms with van der Waals surface area (Å²) in [5, 5.41) is 14.9. The Labute approximate surface area is 124 Å². The van der Waals surface area contributed by atoms with E-state index in [9.17, 15) is 14.5 Å². The van der Waals surface area contributed by atoms with E-state index in [0.29, 0.717) is 24.9 Å². The first-order valence-corrected chi connectivity index (χ1v) is 6.66. The Morgan fingerprint density at radius 3 is 3.00 bits per heavy atom. The van der Waals surface area contributed by atoms with Crippen molar-refractivity contribution in [2.75, 3.05) is 24.6 Å². The third kappa shape index (κ3) is 2.62. The van der Waals surface area contributed by atoms with Crippen LogP contribution < -0.4 is 4.90 Å². The minimum absolute atomic E-state index is 0.221. The van der Waals surface area contributed by atoms with Crippen LogP contribution in [0, 0.1) is 22.9 Å². The SMILES string of the molecule is Cc1nc(C2CN(c3cccc(F)c3[N+](=O)[O-])CCO2)no1. The molecule has 3 rings (SSSR count). The molecule has 1 aromatic carbocycles. The number of para-hydroxylation sites is 1. The zero-order valence-corrected chi connectivity index (χ0v) is 11.7. The minimum atomic E-state index is -0.860. The third-order valence-electron chi connectivity index (χ3n) is 3.39. The van der Waals surface area contributed by atoms with Gasteiger partial charge in [0.05, 0.1) is 18.1 Å². The maximum atomic E-state index is 13.7. The number of aromatic nitrogens is 2. The Balaban J connectivity index is 1.89. The molecule has 0 saturated carbocycles. The van der Waals surface area contributed by atoms with E-state index >= 15 is 0 Å². The molecule has 1 unspecified atom stereocenters. The number of anilines is 1. The highest BCUT2D eigenvalue weighted by molar-refractivity contribution is 5.64.